The van der Waals surface area contributed by atoms with Crippen LogP contribution in [-0.4, -0.2) is 13.2 Å². The van der Waals surface area contributed by atoms with Crippen molar-refractivity contribution >= 4 is 0 Å². The molecule has 21 heavy (non-hydrogen) atoms. The van der Waals surface area contributed by atoms with E-state index in [0.717, 1.165) is 31.4 Å². The monoisotopic (exact) mass is 287 g/mol. The summed E-state index contributed by atoms with van der Waals surface area (Å²) in [6, 6.07) is 7.21. The summed E-state index contributed by atoms with van der Waals surface area (Å²) in [4.78, 5) is 0. The third kappa shape index (κ3) is 3.26. The van der Waals surface area contributed by atoms with Crippen molar-refractivity contribution in [3.8, 4) is 5.75 Å². The van der Waals surface area contributed by atoms with E-state index in [9.17, 15) is 0 Å². The van der Waals surface area contributed by atoms with E-state index in [1.54, 1.807) is 0 Å². The molecule has 0 radical (unpaired) electrons. The van der Waals surface area contributed by atoms with Gasteiger partial charge in [0, 0.05) is 18.0 Å². The lowest BCUT2D eigenvalue weighted by Gasteiger charge is -2.34. The number of rotatable bonds is 5. The van der Waals surface area contributed by atoms with Crippen molar-refractivity contribution in [1.29, 1.82) is 0 Å². The topological polar surface area (TPSA) is 21.3 Å². The highest BCUT2D eigenvalue weighted by atomic mass is 16.5. The molecule has 1 N–H and O–H groups in total. The number of para-hydroxylation sites is 1. The van der Waals surface area contributed by atoms with Crippen LogP contribution in [0, 0.1) is 11.8 Å². The molecule has 2 nitrogen and oxygen atoms in total. The Kier molecular flexibility index (Phi) is 4.84. The van der Waals surface area contributed by atoms with Gasteiger partial charge in [0.1, 0.15) is 5.75 Å². The minimum absolute atomic E-state index is 0.477. The van der Waals surface area contributed by atoms with Crippen molar-refractivity contribution in [3.63, 3.8) is 0 Å². The second kappa shape index (κ2) is 6.83. The Balaban J connectivity index is 1.83. The molecule has 1 saturated carbocycles. The molecule has 2 aliphatic rings. The summed E-state index contributed by atoms with van der Waals surface area (Å²) in [5.41, 5.74) is 2.82. The Labute approximate surface area is 129 Å². The van der Waals surface area contributed by atoms with Gasteiger partial charge in [-0.25, -0.2) is 0 Å². The first-order chi connectivity index (χ1) is 10.3. The lowest BCUT2D eigenvalue weighted by Crippen LogP contribution is -2.31. The van der Waals surface area contributed by atoms with E-state index in [2.05, 4.69) is 37.4 Å². The van der Waals surface area contributed by atoms with Crippen LogP contribution in [0.4, 0.5) is 0 Å². The van der Waals surface area contributed by atoms with E-state index in [4.69, 9.17) is 4.74 Å². The van der Waals surface area contributed by atoms with Gasteiger partial charge in [0.2, 0.25) is 0 Å². The number of benzene rings is 1. The van der Waals surface area contributed by atoms with Crippen LogP contribution in [0.1, 0.15) is 63.1 Å². The van der Waals surface area contributed by atoms with E-state index >= 15 is 0 Å². The molecule has 1 heterocycles. The maximum absolute atomic E-state index is 5.96. The maximum Gasteiger partial charge on any atom is 0.127 e. The smallest absolute Gasteiger partial charge is 0.127 e. The molecule has 1 unspecified atom stereocenters. The average Bonchev–Trinajstić information content (AvgIpc) is 2.98. The molecule has 2 heteroatoms. The SMILES string of the molecule is CCCNC(c1cccc2c1OCC2)C1CCC(C)CC1. The van der Waals surface area contributed by atoms with Crippen molar-refractivity contribution in [1.82, 2.24) is 5.32 Å². The lowest BCUT2D eigenvalue weighted by atomic mass is 9.77. The molecule has 1 aliphatic carbocycles. The van der Waals surface area contributed by atoms with Crippen LogP contribution in [-0.2, 0) is 6.42 Å². The van der Waals surface area contributed by atoms with Gasteiger partial charge < -0.3 is 10.1 Å². The minimum atomic E-state index is 0.477. The summed E-state index contributed by atoms with van der Waals surface area (Å²) in [6.07, 6.45) is 7.73. The number of nitrogens with one attached hydrogen (secondary N) is 1. The van der Waals surface area contributed by atoms with Gasteiger partial charge in [0.15, 0.2) is 0 Å². The third-order valence-corrected chi connectivity index (χ3v) is 5.23. The fourth-order valence-corrected chi connectivity index (χ4v) is 3.94. The number of hydrogen-bond acceptors (Lipinski definition) is 2. The molecule has 0 bridgehead atoms. The first kappa shape index (κ1) is 14.9. The average molecular weight is 287 g/mol. The quantitative estimate of drug-likeness (QED) is 0.861. The highest BCUT2D eigenvalue weighted by Gasteiger charge is 2.30. The van der Waals surface area contributed by atoms with Crippen molar-refractivity contribution in [3.05, 3.63) is 29.3 Å². The normalized spacial score (nSPS) is 26.2. The highest BCUT2D eigenvalue weighted by molar-refractivity contribution is 5.46. The van der Waals surface area contributed by atoms with Crippen LogP contribution < -0.4 is 10.1 Å². The summed E-state index contributed by atoms with van der Waals surface area (Å²) >= 11 is 0. The molecule has 0 aromatic heterocycles. The summed E-state index contributed by atoms with van der Waals surface area (Å²) in [5.74, 6) is 2.86. The van der Waals surface area contributed by atoms with Crippen LogP contribution in [0.2, 0.25) is 0 Å². The van der Waals surface area contributed by atoms with Crippen molar-refractivity contribution < 1.29 is 4.74 Å². The zero-order valence-electron chi connectivity index (χ0n) is 13.5. The highest BCUT2D eigenvalue weighted by Crippen LogP contribution is 2.41. The summed E-state index contributed by atoms with van der Waals surface area (Å²) < 4.78 is 5.96. The predicted octanol–water partition coefficient (Wildman–Crippen LogP) is 4.49. The molecule has 116 valence electrons. The van der Waals surface area contributed by atoms with Gasteiger partial charge in [-0.15, -0.1) is 0 Å². The zero-order valence-corrected chi connectivity index (χ0v) is 13.5. The fraction of sp³-hybridized carbons (Fsp3) is 0.684. The second-order valence-electron chi connectivity index (χ2n) is 6.89. The van der Waals surface area contributed by atoms with E-state index in [0.29, 0.717) is 6.04 Å². The molecular formula is C19H29NO. The summed E-state index contributed by atoms with van der Waals surface area (Å²) in [6.45, 7) is 6.60. The van der Waals surface area contributed by atoms with Gasteiger partial charge >= 0.3 is 0 Å². The second-order valence-corrected chi connectivity index (χ2v) is 6.89. The standard InChI is InChI=1S/C19H29NO/c1-3-12-20-18(15-9-7-14(2)8-10-15)17-6-4-5-16-11-13-21-19(16)17/h4-6,14-15,18,20H,3,7-13H2,1-2H3. The van der Waals surface area contributed by atoms with Crippen molar-refractivity contribution in [2.75, 3.05) is 13.2 Å². The first-order valence-corrected chi connectivity index (χ1v) is 8.77. The molecule has 1 aromatic rings. The van der Waals surface area contributed by atoms with Gasteiger partial charge in [-0.2, -0.15) is 0 Å². The van der Waals surface area contributed by atoms with Gasteiger partial charge in [-0.05, 0) is 43.2 Å². The van der Waals surface area contributed by atoms with E-state index < -0.39 is 0 Å². The molecule has 0 amide bonds. The molecule has 1 fully saturated rings. The number of fused-ring (bicyclic) bond motifs is 1. The van der Waals surface area contributed by atoms with E-state index in [-0.39, 0.29) is 0 Å². The lowest BCUT2D eigenvalue weighted by molar-refractivity contribution is 0.227. The first-order valence-electron chi connectivity index (χ1n) is 8.77. The van der Waals surface area contributed by atoms with Gasteiger partial charge in [-0.3, -0.25) is 0 Å². The van der Waals surface area contributed by atoms with Crippen LogP contribution in [0.3, 0.4) is 0 Å². The molecule has 3 rings (SSSR count). The van der Waals surface area contributed by atoms with Crippen LogP contribution in [0.5, 0.6) is 5.75 Å². The van der Waals surface area contributed by atoms with Gasteiger partial charge in [-0.1, -0.05) is 44.9 Å². The Morgan fingerprint density at radius 3 is 2.81 bits per heavy atom. The molecule has 1 aliphatic heterocycles. The molecule has 1 atom stereocenters. The minimum Gasteiger partial charge on any atom is -0.493 e. The third-order valence-electron chi connectivity index (χ3n) is 5.23. The Bertz CT molecular complexity index is 463. The Morgan fingerprint density at radius 2 is 2.05 bits per heavy atom. The zero-order chi connectivity index (χ0) is 14.7. The van der Waals surface area contributed by atoms with E-state index in [1.807, 2.05) is 0 Å². The Hall–Kier alpha value is -1.02. The van der Waals surface area contributed by atoms with E-state index in [1.165, 1.54) is 49.0 Å². The van der Waals surface area contributed by atoms with Gasteiger partial charge in [0.25, 0.3) is 0 Å². The molecule has 0 saturated heterocycles. The number of ether oxygens (including phenoxy) is 1. The largest absolute Gasteiger partial charge is 0.493 e. The molecule has 0 spiro atoms. The van der Waals surface area contributed by atoms with Crippen LogP contribution >= 0.6 is 0 Å². The Morgan fingerprint density at radius 1 is 1.24 bits per heavy atom. The van der Waals surface area contributed by atoms with Crippen LogP contribution in [0.25, 0.3) is 0 Å². The molecular weight excluding hydrogens is 258 g/mol. The molecule has 1 aromatic carbocycles. The fourth-order valence-electron chi connectivity index (χ4n) is 3.94. The number of hydrogen-bond donors (Lipinski definition) is 1. The maximum atomic E-state index is 5.96. The van der Waals surface area contributed by atoms with Gasteiger partial charge in [0.05, 0.1) is 6.61 Å². The van der Waals surface area contributed by atoms with Crippen molar-refractivity contribution in [2.24, 2.45) is 11.8 Å². The summed E-state index contributed by atoms with van der Waals surface area (Å²) in [5, 5.41) is 3.82. The predicted molar refractivity (Wildman–Crippen MR) is 87.8 cm³/mol. The van der Waals surface area contributed by atoms with Crippen molar-refractivity contribution in [2.45, 2.75) is 58.4 Å². The summed E-state index contributed by atoms with van der Waals surface area (Å²) in [7, 11) is 0. The van der Waals surface area contributed by atoms with Crippen LogP contribution in [0.15, 0.2) is 18.2 Å².